The maximum atomic E-state index is 12.6. The Hall–Kier alpha value is -3.02. The van der Waals surface area contributed by atoms with Crippen molar-refractivity contribution in [2.75, 3.05) is 13.1 Å². The minimum absolute atomic E-state index is 0.0500. The Bertz CT molecular complexity index is 1300. The highest BCUT2D eigenvalue weighted by molar-refractivity contribution is 5.76. The van der Waals surface area contributed by atoms with Crippen molar-refractivity contribution < 1.29 is 19.8 Å². The number of phenols is 2. The van der Waals surface area contributed by atoms with Gasteiger partial charge in [-0.2, -0.15) is 0 Å². The van der Waals surface area contributed by atoms with Gasteiger partial charge in [0.05, 0.1) is 0 Å². The van der Waals surface area contributed by atoms with E-state index in [9.17, 15) is 19.8 Å². The summed E-state index contributed by atoms with van der Waals surface area (Å²) in [7, 11) is 0. The molecule has 0 aliphatic carbocycles. The zero-order chi connectivity index (χ0) is 35.7. The van der Waals surface area contributed by atoms with Crippen LogP contribution in [-0.2, 0) is 38.7 Å². The van der Waals surface area contributed by atoms with Crippen LogP contribution in [0.5, 0.6) is 11.5 Å². The normalized spacial score (nSPS) is 13.1. The van der Waals surface area contributed by atoms with Crippen LogP contribution in [0.25, 0.3) is 0 Å². The number of aromatic hydroxyl groups is 2. The van der Waals surface area contributed by atoms with Gasteiger partial charge in [-0.25, -0.2) is 0 Å². The van der Waals surface area contributed by atoms with E-state index in [4.69, 9.17) is 0 Å². The molecular formula is C41H66N2O4. The lowest BCUT2D eigenvalue weighted by Gasteiger charge is -2.28. The molecule has 2 rings (SSSR count). The Morgan fingerprint density at radius 2 is 0.957 bits per heavy atom. The van der Waals surface area contributed by atoms with Crippen LogP contribution in [0, 0.1) is 5.92 Å². The minimum atomic E-state index is -0.189. The van der Waals surface area contributed by atoms with Gasteiger partial charge in [0, 0.05) is 25.9 Å². The maximum Gasteiger partial charge on any atom is 0.220 e. The first-order valence-corrected chi connectivity index (χ1v) is 17.9. The molecular weight excluding hydrogens is 584 g/mol. The highest BCUT2D eigenvalue weighted by Crippen LogP contribution is 2.41. The lowest BCUT2D eigenvalue weighted by Crippen LogP contribution is -2.25. The third-order valence-corrected chi connectivity index (χ3v) is 9.31. The summed E-state index contributed by atoms with van der Waals surface area (Å²) in [4.78, 5) is 25.2. The lowest BCUT2D eigenvalue weighted by atomic mass is 9.78. The number of rotatable bonds is 15. The van der Waals surface area contributed by atoms with Crippen molar-refractivity contribution >= 4 is 11.8 Å². The Morgan fingerprint density at radius 1 is 0.596 bits per heavy atom. The fourth-order valence-electron chi connectivity index (χ4n) is 5.87. The van der Waals surface area contributed by atoms with Crippen LogP contribution in [0.15, 0.2) is 24.3 Å². The van der Waals surface area contributed by atoms with Crippen LogP contribution < -0.4 is 10.6 Å². The van der Waals surface area contributed by atoms with Crippen molar-refractivity contribution in [2.45, 2.75) is 157 Å². The number of benzene rings is 2. The van der Waals surface area contributed by atoms with E-state index in [0.717, 1.165) is 59.1 Å². The molecule has 2 amide bonds. The summed E-state index contributed by atoms with van der Waals surface area (Å²) in [6.45, 7) is 26.7. The van der Waals surface area contributed by atoms with Gasteiger partial charge in [-0.3, -0.25) is 9.59 Å². The number of amides is 2. The molecule has 0 aliphatic heterocycles. The van der Waals surface area contributed by atoms with Crippen LogP contribution in [0.2, 0.25) is 0 Å². The molecule has 0 radical (unpaired) electrons. The quantitative estimate of drug-likeness (QED) is 0.145. The molecule has 1 unspecified atom stereocenters. The molecule has 0 fully saturated rings. The number of unbranched alkanes of at least 4 members (excludes halogenated alkanes) is 3. The third kappa shape index (κ3) is 12.5. The van der Waals surface area contributed by atoms with E-state index in [1.807, 2.05) is 0 Å². The summed E-state index contributed by atoms with van der Waals surface area (Å²) in [6.07, 6.45) is 5.95. The number of hydrogen-bond acceptors (Lipinski definition) is 4. The minimum Gasteiger partial charge on any atom is -0.507 e. The van der Waals surface area contributed by atoms with Crippen LogP contribution in [0.3, 0.4) is 0 Å². The summed E-state index contributed by atoms with van der Waals surface area (Å²) in [5.74, 6) is 1.50. The number of carbonyl (C=O) groups excluding carboxylic acids is 2. The Kier molecular flexibility index (Phi) is 14.4. The van der Waals surface area contributed by atoms with Crippen molar-refractivity contribution in [1.82, 2.24) is 10.6 Å². The molecule has 6 nitrogen and oxygen atoms in total. The van der Waals surface area contributed by atoms with Crippen LogP contribution in [0.4, 0.5) is 0 Å². The molecule has 0 bridgehead atoms. The van der Waals surface area contributed by atoms with Gasteiger partial charge in [0.2, 0.25) is 11.8 Å². The fourth-order valence-corrected chi connectivity index (χ4v) is 5.87. The van der Waals surface area contributed by atoms with E-state index >= 15 is 0 Å². The second-order valence-corrected chi connectivity index (χ2v) is 17.0. The second-order valence-electron chi connectivity index (χ2n) is 17.0. The molecule has 2 aromatic rings. The molecule has 0 aromatic heterocycles. The molecule has 2 aromatic carbocycles. The highest BCUT2D eigenvalue weighted by Gasteiger charge is 2.27. The zero-order valence-corrected chi connectivity index (χ0v) is 31.7. The van der Waals surface area contributed by atoms with Crippen molar-refractivity contribution in [1.29, 1.82) is 0 Å². The number of phenolic OH excluding ortho intramolecular Hbond substituents is 2. The smallest absolute Gasteiger partial charge is 0.220 e. The predicted molar refractivity (Wildman–Crippen MR) is 197 cm³/mol. The monoisotopic (exact) mass is 651 g/mol. The Balaban J connectivity index is 1.72. The molecule has 0 saturated heterocycles. The van der Waals surface area contributed by atoms with Crippen molar-refractivity contribution in [3.8, 4) is 11.5 Å². The number of carbonyl (C=O) groups is 2. The fraction of sp³-hybridized carbons (Fsp3) is 0.659. The highest BCUT2D eigenvalue weighted by atomic mass is 16.3. The first-order chi connectivity index (χ1) is 21.6. The zero-order valence-electron chi connectivity index (χ0n) is 31.7. The van der Waals surface area contributed by atoms with Gasteiger partial charge in [0.25, 0.3) is 0 Å². The van der Waals surface area contributed by atoms with E-state index in [1.165, 1.54) is 0 Å². The van der Waals surface area contributed by atoms with Crippen LogP contribution in [-0.4, -0.2) is 35.1 Å². The van der Waals surface area contributed by atoms with Crippen molar-refractivity contribution in [3.05, 3.63) is 57.6 Å². The number of hydrogen-bond donors (Lipinski definition) is 4. The molecule has 0 spiro atoms. The summed E-state index contributed by atoms with van der Waals surface area (Å²) >= 11 is 0. The maximum absolute atomic E-state index is 12.6. The largest absolute Gasteiger partial charge is 0.507 e. The topological polar surface area (TPSA) is 98.7 Å². The van der Waals surface area contributed by atoms with E-state index in [0.29, 0.717) is 56.2 Å². The van der Waals surface area contributed by atoms with Gasteiger partial charge in [0.15, 0.2) is 0 Å². The number of aryl methyl sites for hydroxylation is 2. The number of nitrogens with one attached hydrogen (secondary N) is 2. The van der Waals surface area contributed by atoms with Gasteiger partial charge in [-0.15, -0.1) is 0 Å². The molecule has 47 heavy (non-hydrogen) atoms. The second kappa shape index (κ2) is 16.9. The lowest BCUT2D eigenvalue weighted by molar-refractivity contribution is -0.121. The van der Waals surface area contributed by atoms with E-state index < -0.39 is 0 Å². The summed E-state index contributed by atoms with van der Waals surface area (Å²) in [6, 6.07) is 8.26. The van der Waals surface area contributed by atoms with E-state index in [2.05, 4.69) is 118 Å². The first kappa shape index (κ1) is 40.2. The standard InChI is InChI=1S/C41H66N2O4/c1-27(2)28(3)31-23-29(24-32(37(31)46)39(4,5)6)17-19-35(44)42-21-15-13-14-16-22-43-36(45)20-18-30-25-33(40(7,8)9)38(47)34(26-30)41(10,11)12/h23-28,46-47H,13-22H2,1-12H3,(H,42,44)(H,43,45). The summed E-state index contributed by atoms with van der Waals surface area (Å²) in [5, 5.41) is 28.1. The molecule has 0 aliphatic rings. The Labute approximate surface area is 286 Å². The summed E-state index contributed by atoms with van der Waals surface area (Å²) in [5.41, 5.74) is 5.38. The van der Waals surface area contributed by atoms with Crippen LogP contribution >= 0.6 is 0 Å². The van der Waals surface area contributed by atoms with Gasteiger partial charge >= 0.3 is 0 Å². The molecule has 0 heterocycles. The van der Waals surface area contributed by atoms with Crippen molar-refractivity contribution in [2.24, 2.45) is 5.92 Å². The molecule has 264 valence electrons. The predicted octanol–water partition coefficient (Wildman–Crippen LogP) is 9.11. The van der Waals surface area contributed by atoms with Gasteiger partial charge in [0.1, 0.15) is 11.5 Å². The van der Waals surface area contributed by atoms with Gasteiger partial charge < -0.3 is 20.8 Å². The van der Waals surface area contributed by atoms with Crippen LogP contribution in [0.1, 0.15) is 161 Å². The Morgan fingerprint density at radius 3 is 1.32 bits per heavy atom. The van der Waals surface area contributed by atoms with Crippen molar-refractivity contribution in [3.63, 3.8) is 0 Å². The van der Waals surface area contributed by atoms with E-state index in [-0.39, 0.29) is 34.0 Å². The average molecular weight is 651 g/mol. The third-order valence-electron chi connectivity index (χ3n) is 9.31. The van der Waals surface area contributed by atoms with Gasteiger partial charge in [-0.1, -0.05) is 120 Å². The summed E-state index contributed by atoms with van der Waals surface area (Å²) < 4.78 is 0. The SMILES string of the molecule is CC(C)C(C)c1cc(CCC(=O)NCCCCCCNC(=O)CCc2cc(C(C)(C)C)c(O)c(C(C)(C)C)c2)cc(C(C)(C)C)c1O. The average Bonchev–Trinajstić information content (AvgIpc) is 2.95. The van der Waals surface area contributed by atoms with Gasteiger partial charge in [-0.05, 0) is 87.1 Å². The molecule has 1 atom stereocenters. The molecule has 4 N–H and O–H groups in total. The molecule has 6 heteroatoms. The van der Waals surface area contributed by atoms with E-state index in [1.54, 1.807) is 0 Å². The molecule has 0 saturated carbocycles. The first-order valence-electron chi connectivity index (χ1n) is 17.9.